The Morgan fingerprint density at radius 2 is 2.08 bits per heavy atom. The van der Waals surface area contributed by atoms with Gasteiger partial charge < -0.3 is 10.6 Å². The summed E-state index contributed by atoms with van der Waals surface area (Å²) in [6.07, 6.45) is -3.56. The molecule has 1 unspecified atom stereocenters. The van der Waals surface area contributed by atoms with Gasteiger partial charge in [-0.15, -0.1) is 0 Å². The third-order valence-electron chi connectivity index (χ3n) is 1.33. The van der Waals surface area contributed by atoms with Crippen molar-refractivity contribution in [3.8, 4) is 0 Å². The van der Waals surface area contributed by atoms with Crippen LogP contribution in [0.3, 0.4) is 0 Å². The van der Waals surface area contributed by atoms with E-state index in [1.807, 2.05) is 0 Å². The number of carbonyl (C=O) groups excluding carboxylic acids is 1. The molecule has 0 bridgehead atoms. The highest BCUT2D eigenvalue weighted by Gasteiger charge is 2.37. The van der Waals surface area contributed by atoms with E-state index in [9.17, 15) is 18.0 Å². The van der Waals surface area contributed by atoms with Crippen molar-refractivity contribution < 1.29 is 18.0 Å². The topological polar surface area (TPSA) is 41.1 Å². The Hall–Kier alpha value is -1.20. The predicted octanol–water partition coefficient (Wildman–Crippen LogP) is 1.13. The molecule has 3 nitrogen and oxygen atoms in total. The number of allylic oxidation sites excluding steroid dienone is 1. The molecular weight excluding hydrogens is 173 g/mol. The maximum absolute atomic E-state index is 12.0. The fraction of sp³-hybridized carbons (Fsp3) is 0.500. The lowest BCUT2D eigenvalue weighted by Gasteiger charge is -2.21. The Kier molecular flexibility index (Phi) is 1.99. The van der Waals surface area contributed by atoms with Crippen molar-refractivity contribution in [2.45, 2.75) is 19.1 Å². The molecule has 1 aliphatic heterocycles. The third-order valence-corrected chi connectivity index (χ3v) is 1.33. The van der Waals surface area contributed by atoms with E-state index in [0.29, 0.717) is 0 Å². The van der Waals surface area contributed by atoms with E-state index in [-0.39, 0.29) is 0 Å². The second kappa shape index (κ2) is 2.69. The summed E-state index contributed by atoms with van der Waals surface area (Å²) < 4.78 is 35.9. The van der Waals surface area contributed by atoms with Crippen LogP contribution in [0, 0.1) is 0 Å². The van der Waals surface area contributed by atoms with Crippen molar-refractivity contribution in [2.75, 3.05) is 0 Å². The Morgan fingerprint density at radius 3 is 2.50 bits per heavy atom. The summed E-state index contributed by atoms with van der Waals surface area (Å²) in [4.78, 5) is 10.6. The predicted molar refractivity (Wildman–Crippen MR) is 35.3 cm³/mol. The van der Waals surface area contributed by atoms with Gasteiger partial charge in [0, 0.05) is 6.04 Å². The van der Waals surface area contributed by atoms with Crippen LogP contribution in [0.25, 0.3) is 0 Å². The summed E-state index contributed by atoms with van der Waals surface area (Å²) in [5.74, 6) is 0. The van der Waals surface area contributed by atoms with Crippen LogP contribution in [0.2, 0.25) is 0 Å². The summed E-state index contributed by atoms with van der Waals surface area (Å²) in [5, 5.41) is 3.93. The molecule has 0 saturated heterocycles. The fourth-order valence-corrected chi connectivity index (χ4v) is 0.864. The van der Waals surface area contributed by atoms with E-state index < -0.39 is 23.9 Å². The lowest BCUT2D eigenvalue weighted by Crippen LogP contribution is -2.47. The number of hydrogen-bond acceptors (Lipinski definition) is 1. The van der Waals surface area contributed by atoms with Gasteiger partial charge in [-0.25, -0.2) is 4.79 Å². The lowest BCUT2D eigenvalue weighted by atomic mass is 10.2. The molecule has 0 spiro atoms. The van der Waals surface area contributed by atoms with E-state index in [4.69, 9.17) is 0 Å². The van der Waals surface area contributed by atoms with Gasteiger partial charge in [-0.1, -0.05) is 0 Å². The zero-order chi connectivity index (χ0) is 9.35. The molecule has 0 radical (unpaired) electrons. The first-order valence-electron chi connectivity index (χ1n) is 3.26. The van der Waals surface area contributed by atoms with Gasteiger partial charge in [0.1, 0.15) is 5.70 Å². The van der Waals surface area contributed by atoms with Gasteiger partial charge in [0.05, 0.1) is 0 Å². The highest BCUT2D eigenvalue weighted by atomic mass is 19.4. The Bertz CT molecular complexity index is 233. The van der Waals surface area contributed by atoms with E-state index in [2.05, 4.69) is 5.32 Å². The minimum atomic E-state index is -4.48. The second-order valence-corrected chi connectivity index (χ2v) is 2.47. The average Bonchev–Trinajstić information content (AvgIpc) is 1.82. The quantitative estimate of drug-likeness (QED) is 0.576. The highest BCUT2D eigenvalue weighted by Crippen LogP contribution is 2.24. The summed E-state index contributed by atoms with van der Waals surface area (Å²) in [6.45, 7) is 1.46. The van der Waals surface area contributed by atoms with Gasteiger partial charge in [0.15, 0.2) is 0 Å². The molecule has 1 rings (SSSR count). The molecule has 1 heterocycles. The van der Waals surface area contributed by atoms with E-state index in [0.717, 1.165) is 6.08 Å². The standard InChI is InChI=1S/C6H7F3N2O/c1-3-2-4(6(7,8)9)11-5(12)10-3/h2-3H,1H3,(H2,10,11,12). The maximum atomic E-state index is 12.0. The molecule has 0 aromatic carbocycles. The largest absolute Gasteiger partial charge is 0.431 e. The van der Waals surface area contributed by atoms with Gasteiger partial charge in [-0.3, -0.25) is 0 Å². The van der Waals surface area contributed by atoms with Crippen molar-refractivity contribution in [2.24, 2.45) is 0 Å². The maximum Gasteiger partial charge on any atom is 0.431 e. The van der Waals surface area contributed by atoms with Crippen molar-refractivity contribution >= 4 is 6.03 Å². The molecule has 1 atom stereocenters. The normalized spacial score (nSPS) is 24.2. The second-order valence-electron chi connectivity index (χ2n) is 2.47. The van der Waals surface area contributed by atoms with Gasteiger partial charge in [-0.2, -0.15) is 13.2 Å². The molecule has 0 aromatic rings. The van der Waals surface area contributed by atoms with E-state index in [1.54, 1.807) is 5.32 Å². The van der Waals surface area contributed by atoms with Crippen molar-refractivity contribution in [3.05, 3.63) is 11.8 Å². The minimum Gasteiger partial charge on any atom is -0.332 e. The SMILES string of the molecule is CC1C=C(C(F)(F)F)NC(=O)N1. The number of hydrogen-bond donors (Lipinski definition) is 2. The van der Waals surface area contributed by atoms with Gasteiger partial charge in [-0.05, 0) is 13.0 Å². The van der Waals surface area contributed by atoms with Crippen LogP contribution in [-0.4, -0.2) is 18.2 Å². The number of carbonyl (C=O) groups is 1. The number of alkyl halides is 3. The molecule has 0 fully saturated rings. The monoisotopic (exact) mass is 180 g/mol. The lowest BCUT2D eigenvalue weighted by molar-refractivity contribution is -0.0963. The zero-order valence-electron chi connectivity index (χ0n) is 6.20. The molecule has 12 heavy (non-hydrogen) atoms. The van der Waals surface area contributed by atoms with Crippen LogP contribution in [0.1, 0.15) is 6.92 Å². The molecule has 6 heteroatoms. The van der Waals surface area contributed by atoms with Crippen LogP contribution in [0.5, 0.6) is 0 Å². The Balaban J connectivity index is 2.84. The first-order valence-corrected chi connectivity index (χ1v) is 3.26. The highest BCUT2D eigenvalue weighted by molar-refractivity contribution is 5.78. The van der Waals surface area contributed by atoms with E-state index in [1.165, 1.54) is 6.92 Å². The minimum absolute atomic E-state index is 0.588. The van der Waals surface area contributed by atoms with Crippen molar-refractivity contribution in [1.82, 2.24) is 10.6 Å². The summed E-state index contributed by atoms with van der Waals surface area (Å²) in [7, 11) is 0. The Labute approximate surface area is 66.6 Å². The van der Waals surface area contributed by atoms with Crippen LogP contribution in [0.4, 0.5) is 18.0 Å². The molecule has 2 amide bonds. The number of urea groups is 1. The van der Waals surface area contributed by atoms with Crippen LogP contribution >= 0.6 is 0 Å². The first kappa shape index (κ1) is 8.89. The van der Waals surface area contributed by atoms with Crippen molar-refractivity contribution in [3.63, 3.8) is 0 Å². The number of amides is 2. The average molecular weight is 180 g/mol. The smallest absolute Gasteiger partial charge is 0.332 e. The fourth-order valence-electron chi connectivity index (χ4n) is 0.864. The number of nitrogens with one attached hydrogen (secondary N) is 2. The van der Waals surface area contributed by atoms with Gasteiger partial charge in [0.2, 0.25) is 0 Å². The number of halogens is 3. The van der Waals surface area contributed by atoms with Crippen LogP contribution in [-0.2, 0) is 0 Å². The molecule has 68 valence electrons. The molecular formula is C6H7F3N2O. The first-order chi connectivity index (χ1) is 5.39. The van der Waals surface area contributed by atoms with Crippen molar-refractivity contribution in [1.29, 1.82) is 0 Å². The summed E-state index contributed by atoms with van der Waals surface area (Å²) in [5.41, 5.74) is -1.00. The van der Waals surface area contributed by atoms with Gasteiger partial charge in [0.25, 0.3) is 0 Å². The molecule has 0 saturated carbocycles. The van der Waals surface area contributed by atoms with Crippen LogP contribution in [0.15, 0.2) is 11.8 Å². The molecule has 2 N–H and O–H groups in total. The number of rotatable bonds is 0. The molecule has 0 aromatic heterocycles. The Morgan fingerprint density at radius 1 is 1.50 bits per heavy atom. The zero-order valence-corrected chi connectivity index (χ0v) is 6.20. The van der Waals surface area contributed by atoms with Crippen LogP contribution < -0.4 is 10.6 Å². The van der Waals surface area contributed by atoms with E-state index >= 15 is 0 Å². The molecule has 0 aliphatic carbocycles. The van der Waals surface area contributed by atoms with Gasteiger partial charge >= 0.3 is 12.2 Å². The molecule has 1 aliphatic rings. The summed E-state index contributed by atoms with van der Waals surface area (Å²) >= 11 is 0. The third kappa shape index (κ3) is 1.90. The summed E-state index contributed by atoms with van der Waals surface area (Å²) in [6, 6.07) is -1.41.